The lowest BCUT2D eigenvalue weighted by atomic mass is 9.94. The van der Waals surface area contributed by atoms with Gasteiger partial charge in [-0.2, -0.15) is 0 Å². The molecule has 0 radical (unpaired) electrons. The van der Waals surface area contributed by atoms with E-state index in [1.807, 2.05) is 85.8 Å². The number of nitrogens with one attached hydrogen (secondary N) is 1. The lowest BCUT2D eigenvalue weighted by molar-refractivity contribution is -0.141. The minimum atomic E-state index is -0.581. The molecule has 1 saturated carbocycles. The molecule has 0 heterocycles. The van der Waals surface area contributed by atoms with Crippen molar-refractivity contribution in [1.29, 1.82) is 0 Å². The van der Waals surface area contributed by atoms with Gasteiger partial charge in [0.15, 0.2) is 0 Å². The van der Waals surface area contributed by atoms with Crippen molar-refractivity contribution in [3.63, 3.8) is 0 Å². The Hall–Kier alpha value is -3.60. The van der Waals surface area contributed by atoms with E-state index >= 15 is 0 Å². The minimum Gasteiger partial charge on any atom is -0.494 e. The van der Waals surface area contributed by atoms with E-state index in [9.17, 15) is 9.59 Å². The summed E-state index contributed by atoms with van der Waals surface area (Å²) in [6.45, 7) is 2.90. The molecule has 0 spiro atoms. The number of benzene rings is 3. The summed E-state index contributed by atoms with van der Waals surface area (Å²) >= 11 is 0. The van der Waals surface area contributed by atoms with Crippen LogP contribution in [0.2, 0.25) is 0 Å². The highest BCUT2D eigenvalue weighted by Crippen LogP contribution is 2.21. The van der Waals surface area contributed by atoms with Gasteiger partial charge in [-0.15, -0.1) is 0 Å². The van der Waals surface area contributed by atoms with E-state index < -0.39 is 6.04 Å². The van der Waals surface area contributed by atoms with E-state index in [4.69, 9.17) is 4.74 Å². The molecule has 200 valence electrons. The van der Waals surface area contributed by atoms with E-state index in [1.54, 1.807) is 4.90 Å². The van der Waals surface area contributed by atoms with Crippen molar-refractivity contribution in [3.05, 3.63) is 102 Å². The van der Waals surface area contributed by atoms with Crippen LogP contribution in [0.1, 0.15) is 61.6 Å². The molecule has 1 fully saturated rings. The Bertz CT molecular complexity index is 1140. The highest BCUT2D eigenvalue weighted by molar-refractivity contribution is 5.88. The molecule has 3 aromatic carbocycles. The number of carbonyl (C=O) groups is 2. The van der Waals surface area contributed by atoms with Crippen LogP contribution in [0, 0.1) is 6.92 Å². The predicted molar refractivity (Wildman–Crippen MR) is 152 cm³/mol. The Morgan fingerprint density at radius 1 is 0.895 bits per heavy atom. The SMILES string of the molecule is Cc1cccc(CN(C(=O)CCCOc2ccccc2)[C@H](Cc2ccccc2)C(=O)NC2CCCCC2)c1. The molecule has 5 heteroatoms. The van der Waals surface area contributed by atoms with E-state index in [1.165, 1.54) is 6.42 Å². The van der Waals surface area contributed by atoms with Gasteiger partial charge in [-0.3, -0.25) is 9.59 Å². The molecule has 1 aliphatic rings. The molecule has 38 heavy (non-hydrogen) atoms. The monoisotopic (exact) mass is 512 g/mol. The van der Waals surface area contributed by atoms with Gasteiger partial charge in [0.1, 0.15) is 11.8 Å². The van der Waals surface area contributed by atoms with Gasteiger partial charge >= 0.3 is 0 Å². The second-order valence-electron chi connectivity index (χ2n) is 10.3. The third-order valence-electron chi connectivity index (χ3n) is 7.20. The van der Waals surface area contributed by atoms with Crippen molar-refractivity contribution in [3.8, 4) is 5.75 Å². The maximum Gasteiger partial charge on any atom is 0.243 e. The first kappa shape index (κ1) is 27.4. The quantitative estimate of drug-likeness (QED) is 0.292. The molecule has 1 N–H and O–H groups in total. The van der Waals surface area contributed by atoms with Gasteiger partial charge in [0, 0.05) is 25.4 Å². The fraction of sp³-hybridized carbons (Fsp3) is 0.394. The summed E-state index contributed by atoms with van der Waals surface area (Å²) in [4.78, 5) is 29.4. The first-order valence-corrected chi connectivity index (χ1v) is 14.0. The second-order valence-corrected chi connectivity index (χ2v) is 10.3. The molecule has 0 aliphatic heterocycles. The molecule has 0 saturated heterocycles. The van der Waals surface area contributed by atoms with Gasteiger partial charge in [-0.05, 0) is 49.4 Å². The molecule has 1 atom stereocenters. The van der Waals surface area contributed by atoms with Gasteiger partial charge in [0.05, 0.1) is 6.61 Å². The van der Waals surface area contributed by atoms with Crippen molar-refractivity contribution < 1.29 is 14.3 Å². The standard InChI is InChI=1S/C33H40N2O3/c1-26-13-11-16-28(23-26)25-35(32(36)21-12-22-38-30-19-9-4-10-20-30)31(24-27-14-5-2-6-15-27)33(37)34-29-17-7-3-8-18-29/h2,4-6,9-11,13-16,19-20,23,29,31H,3,7-8,12,17-18,21-22,24-25H2,1H3,(H,34,37)/t31-/m1/s1. The van der Waals surface area contributed by atoms with Crippen LogP contribution in [0.5, 0.6) is 5.75 Å². The normalized spacial score (nSPS) is 14.4. The number of carbonyl (C=O) groups excluding carboxylic acids is 2. The predicted octanol–water partition coefficient (Wildman–Crippen LogP) is 6.24. The Morgan fingerprint density at radius 2 is 1.58 bits per heavy atom. The highest BCUT2D eigenvalue weighted by Gasteiger charge is 2.31. The molecule has 2 amide bonds. The van der Waals surface area contributed by atoms with Crippen molar-refractivity contribution in [2.75, 3.05) is 6.61 Å². The number of rotatable bonds is 12. The highest BCUT2D eigenvalue weighted by atomic mass is 16.5. The summed E-state index contributed by atoms with van der Waals surface area (Å²) in [5.41, 5.74) is 3.21. The van der Waals surface area contributed by atoms with Crippen molar-refractivity contribution >= 4 is 11.8 Å². The Labute approximate surface area is 227 Å². The van der Waals surface area contributed by atoms with Crippen molar-refractivity contribution in [1.82, 2.24) is 10.2 Å². The smallest absolute Gasteiger partial charge is 0.243 e. The van der Waals surface area contributed by atoms with Crippen LogP contribution in [-0.4, -0.2) is 35.4 Å². The van der Waals surface area contributed by atoms with E-state index in [0.717, 1.165) is 48.1 Å². The molecule has 0 bridgehead atoms. The molecule has 5 nitrogen and oxygen atoms in total. The van der Waals surface area contributed by atoms with Gasteiger partial charge in [-0.1, -0.05) is 97.6 Å². The summed E-state index contributed by atoms with van der Waals surface area (Å²) in [7, 11) is 0. The zero-order valence-corrected chi connectivity index (χ0v) is 22.5. The van der Waals surface area contributed by atoms with Crippen LogP contribution in [0.15, 0.2) is 84.9 Å². The Morgan fingerprint density at radius 3 is 2.29 bits per heavy atom. The number of nitrogens with zero attached hydrogens (tertiary/aromatic N) is 1. The average Bonchev–Trinajstić information content (AvgIpc) is 2.94. The number of amides is 2. The number of hydrogen-bond acceptors (Lipinski definition) is 3. The summed E-state index contributed by atoms with van der Waals surface area (Å²) < 4.78 is 5.82. The molecular formula is C33H40N2O3. The molecule has 4 rings (SSSR count). The zero-order chi connectivity index (χ0) is 26.6. The van der Waals surface area contributed by atoms with Crippen molar-refractivity contribution in [2.45, 2.75) is 76.9 Å². The number of aryl methyl sites for hydroxylation is 1. The summed E-state index contributed by atoms with van der Waals surface area (Å²) in [5, 5.41) is 3.30. The third kappa shape index (κ3) is 8.47. The Balaban J connectivity index is 1.52. The first-order valence-electron chi connectivity index (χ1n) is 14.0. The van der Waals surface area contributed by atoms with E-state index in [-0.39, 0.29) is 17.9 Å². The van der Waals surface area contributed by atoms with E-state index in [2.05, 4.69) is 11.4 Å². The van der Waals surface area contributed by atoms with Gasteiger partial charge < -0.3 is 15.0 Å². The fourth-order valence-corrected chi connectivity index (χ4v) is 5.18. The Kier molecular flexibility index (Phi) is 10.4. The van der Waals surface area contributed by atoms with Crippen LogP contribution in [0.4, 0.5) is 0 Å². The van der Waals surface area contributed by atoms with Gasteiger partial charge in [0.25, 0.3) is 0 Å². The molecular weight excluding hydrogens is 472 g/mol. The van der Waals surface area contributed by atoms with Gasteiger partial charge in [-0.25, -0.2) is 0 Å². The summed E-state index contributed by atoms with van der Waals surface area (Å²) in [6, 6.07) is 27.4. The average molecular weight is 513 g/mol. The van der Waals surface area contributed by atoms with Crippen LogP contribution in [0.3, 0.4) is 0 Å². The van der Waals surface area contributed by atoms with Crippen LogP contribution in [-0.2, 0) is 22.6 Å². The summed E-state index contributed by atoms with van der Waals surface area (Å²) in [6.07, 6.45) is 6.91. The number of ether oxygens (including phenoxy) is 1. The maximum atomic E-state index is 13.8. The molecule has 0 aromatic heterocycles. The molecule has 0 unspecified atom stereocenters. The van der Waals surface area contributed by atoms with Crippen molar-refractivity contribution in [2.24, 2.45) is 0 Å². The topological polar surface area (TPSA) is 58.6 Å². The minimum absolute atomic E-state index is 0.0251. The summed E-state index contributed by atoms with van der Waals surface area (Å²) in [5.74, 6) is 0.718. The van der Waals surface area contributed by atoms with Crippen LogP contribution in [0.25, 0.3) is 0 Å². The third-order valence-corrected chi connectivity index (χ3v) is 7.20. The van der Waals surface area contributed by atoms with E-state index in [0.29, 0.717) is 32.4 Å². The first-order chi connectivity index (χ1) is 18.6. The fourth-order valence-electron chi connectivity index (χ4n) is 5.18. The zero-order valence-electron chi connectivity index (χ0n) is 22.5. The number of para-hydroxylation sites is 1. The molecule has 3 aromatic rings. The maximum absolute atomic E-state index is 13.8. The largest absolute Gasteiger partial charge is 0.494 e. The van der Waals surface area contributed by atoms with Gasteiger partial charge in [0.2, 0.25) is 11.8 Å². The van der Waals surface area contributed by atoms with Crippen LogP contribution < -0.4 is 10.1 Å². The molecule has 1 aliphatic carbocycles. The van der Waals surface area contributed by atoms with Crippen LogP contribution >= 0.6 is 0 Å². The lowest BCUT2D eigenvalue weighted by Crippen LogP contribution is -2.52. The lowest BCUT2D eigenvalue weighted by Gasteiger charge is -2.33. The number of hydrogen-bond donors (Lipinski definition) is 1. The second kappa shape index (κ2) is 14.4.